The zero-order valence-corrected chi connectivity index (χ0v) is 16.2. The van der Waals surface area contributed by atoms with Crippen LogP contribution in [0.25, 0.3) is 10.1 Å². The minimum absolute atomic E-state index is 0.0687. The van der Waals surface area contributed by atoms with Crippen molar-refractivity contribution in [2.75, 3.05) is 0 Å². The molecule has 3 rings (SSSR count). The van der Waals surface area contributed by atoms with Crippen LogP contribution in [0.2, 0.25) is 0 Å². The van der Waals surface area contributed by atoms with Crippen LogP contribution in [0.15, 0.2) is 60.5 Å². The summed E-state index contributed by atoms with van der Waals surface area (Å²) in [6.45, 7) is 7.88. The zero-order chi connectivity index (χ0) is 19.4. The SMILES string of the molecule is C=CC(=O)NC(C)c1ccc(CNC(=O)c2csc3cc(C)ccc23)cc1. The molecule has 4 nitrogen and oxygen atoms in total. The van der Waals surface area contributed by atoms with E-state index in [-0.39, 0.29) is 17.9 Å². The number of thiophene rings is 1. The Labute approximate surface area is 162 Å². The summed E-state index contributed by atoms with van der Waals surface area (Å²) >= 11 is 1.59. The number of amides is 2. The molecule has 3 aromatic rings. The van der Waals surface area contributed by atoms with E-state index in [0.29, 0.717) is 12.1 Å². The number of hydrogen-bond donors (Lipinski definition) is 2. The summed E-state index contributed by atoms with van der Waals surface area (Å²) in [5.41, 5.74) is 3.91. The quantitative estimate of drug-likeness (QED) is 0.620. The highest BCUT2D eigenvalue weighted by molar-refractivity contribution is 7.17. The highest BCUT2D eigenvalue weighted by atomic mass is 32.1. The Kier molecular flexibility index (Phi) is 5.72. The molecular weight excluding hydrogens is 356 g/mol. The van der Waals surface area contributed by atoms with E-state index in [1.165, 1.54) is 11.6 Å². The second-order valence-electron chi connectivity index (χ2n) is 6.51. The van der Waals surface area contributed by atoms with Crippen molar-refractivity contribution >= 4 is 33.2 Å². The molecule has 2 N–H and O–H groups in total. The van der Waals surface area contributed by atoms with Gasteiger partial charge in [0.15, 0.2) is 0 Å². The molecule has 0 aliphatic carbocycles. The Hall–Kier alpha value is -2.92. The topological polar surface area (TPSA) is 58.2 Å². The number of carbonyl (C=O) groups is 2. The van der Waals surface area contributed by atoms with Crippen LogP contribution >= 0.6 is 11.3 Å². The van der Waals surface area contributed by atoms with Gasteiger partial charge in [0.25, 0.3) is 5.91 Å². The largest absolute Gasteiger partial charge is 0.348 e. The first-order chi connectivity index (χ1) is 13.0. The van der Waals surface area contributed by atoms with Gasteiger partial charge in [0.1, 0.15) is 0 Å². The smallest absolute Gasteiger partial charge is 0.253 e. The van der Waals surface area contributed by atoms with Crippen LogP contribution in [-0.4, -0.2) is 11.8 Å². The Morgan fingerprint density at radius 1 is 1.19 bits per heavy atom. The Balaban J connectivity index is 1.63. The van der Waals surface area contributed by atoms with Crippen molar-refractivity contribution in [2.24, 2.45) is 0 Å². The summed E-state index contributed by atoms with van der Waals surface area (Å²) in [4.78, 5) is 23.9. The zero-order valence-electron chi connectivity index (χ0n) is 15.4. The van der Waals surface area contributed by atoms with Gasteiger partial charge >= 0.3 is 0 Å². The molecule has 2 amide bonds. The third kappa shape index (κ3) is 4.44. The minimum Gasteiger partial charge on any atom is -0.348 e. The van der Waals surface area contributed by atoms with Gasteiger partial charge in [-0.25, -0.2) is 0 Å². The van der Waals surface area contributed by atoms with Crippen molar-refractivity contribution < 1.29 is 9.59 Å². The Morgan fingerprint density at radius 3 is 2.63 bits per heavy atom. The summed E-state index contributed by atoms with van der Waals surface area (Å²) < 4.78 is 1.13. The molecule has 5 heteroatoms. The predicted molar refractivity (Wildman–Crippen MR) is 111 cm³/mol. The number of aryl methyl sites for hydroxylation is 1. The lowest BCUT2D eigenvalue weighted by Crippen LogP contribution is -2.24. The van der Waals surface area contributed by atoms with Gasteiger partial charge in [-0.3, -0.25) is 9.59 Å². The number of rotatable bonds is 6. The van der Waals surface area contributed by atoms with E-state index >= 15 is 0 Å². The summed E-state index contributed by atoms with van der Waals surface area (Å²) in [7, 11) is 0. The van der Waals surface area contributed by atoms with Crippen LogP contribution < -0.4 is 10.6 Å². The fraction of sp³-hybridized carbons (Fsp3) is 0.182. The molecule has 1 unspecified atom stereocenters. The second kappa shape index (κ2) is 8.18. The van der Waals surface area contributed by atoms with Crippen molar-refractivity contribution in [3.63, 3.8) is 0 Å². The van der Waals surface area contributed by atoms with E-state index in [1.807, 2.05) is 55.6 Å². The van der Waals surface area contributed by atoms with Crippen molar-refractivity contribution in [2.45, 2.75) is 26.4 Å². The molecule has 0 radical (unpaired) electrons. The van der Waals surface area contributed by atoms with Crippen LogP contribution in [0.5, 0.6) is 0 Å². The Morgan fingerprint density at radius 2 is 1.93 bits per heavy atom. The number of hydrogen-bond acceptors (Lipinski definition) is 3. The van der Waals surface area contributed by atoms with E-state index in [2.05, 4.69) is 23.3 Å². The summed E-state index contributed by atoms with van der Waals surface area (Å²) in [5, 5.41) is 8.71. The molecule has 1 aromatic heterocycles. The van der Waals surface area contributed by atoms with Crippen molar-refractivity contribution in [3.05, 3.63) is 82.8 Å². The van der Waals surface area contributed by atoms with Gasteiger partial charge in [-0.2, -0.15) is 0 Å². The average molecular weight is 378 g/mol. The minimum atomic E-state index is -0.197. The highest BCUT2D eigenvalue weighted by Crippen LogP contribution is 2.27. The van der Waals surface area contributed by atoms with Crippen molar-refractivity contribution in [3.8, 4) is 0 Å². The maximum atomic E-state index is 12.5. The van der Waals surface area contributed by atoms with Crippen LogP contribution in [0.4, 0.5) is 0 Å². The van der Waals surface area contributed by atoms with Crippen molar-refractivity contribution in [1.29, 1.82) is 0 Å². The molecule has 1 atom stereocenters. The van der Waals surface area contributed by atoms with Gasteiger partial charge in [0.05, 0.1) is 11.6 Å². The molecule has 0 saturated heterocycles. The van der Waals surface area contributed by atoms with Gasteiger partial charge in [-0.05, 0) is 42.7 Å². The maximum Gasteiger partial charge on any atom is 0.253 e. The molecule has 138 valence electrons. The lowest BCUT2D eigenvalue weighted by atomic mass is 10.1. The van der Waals surface area contributed by atoms with E-state index < -0.39 is 0 Å². The Bertz CT molecular complexity index is 989. The predicted octanol–water partition coefficient (Wildman–Crippen LogP) is 4.50. The van der Waals surface area contributed by atoms with Crippen LogP contribution in [0.1, 0.15) is 40.0 Å². The molecular formula is C22H22N2O2S. The number of carbonyl (C=O) groups excluding carboxylic acids is 2. The number of benzene rings is 2. The van der Waals surface area contributed by atoms with Crippen LogP contribution in [0, 0.1) is 6.92 Å². The number of nitrogens with one attached hydrogen (secondary N) is 2. The normalized spacial score (nSPS) is 11.8. The standard InChI is InChI=1S/C22H22N2O2S/c1-4-21(25)24-15(3)17-8-6-16(7-9-17)12-23-22(26)19-13-27-20-11-14(2)5-10-18(19)20/h4-11,13,15H,1,12H2,2-3H3,(H,23,26)(H,24,25). The van der Waals surface area contributed by atoms with Gasteiger partial charge in [0.2, 0.25) is 5.91 Å². The maximum absolute atomic E-state index is 12.5. The fourth-order valence-electron chi connectivity index (χ4n) is 2.87. The molecule has 0 aliphatic rings. The third-order valence-corrected chi connectivity index (χ3v) is 5.40. The van der Waals surface area contributed by atoms with E-state index in [9.17, 15) is 9.59 Å². The van der Waals surface area contributed by atoms with Crippen LogP contribution in [0.3, 0.4) is 0 Å². The molecule has 0 aliphatic heterocycles. The molecule has 0 saturated carbocycles. The monoisotopic (exact) mass is 378 g/mol. The third-order valence-electron chi connectivity index (χ3n) is 4.45. The van der Waals surface area contributed by atoms with E-state index in [1.54, 1.807) is 11.3 Å². The molecule has 1 heterocycles. The molecule has 0 fully saturated rings. The highest BCUT2D eigenvalue weighted by Gasteiger charge is 2.12. The average Bonchev–Trinajstić information content (AvgIpc) is 3.09. The first kappa shape index (κ1) is 18.9. The van der Waals surface area contributed by atoms with Crippen LogP contribution in [-0.2, 0) is 11.3 Å². The fourth-order valence-corrected chi connectivity index (χ4v) is 3.91. The summed E-state index contributed by atoms with van der Waals surface area (Å²) in [6, 6.07) is 13.9. The number of fused-ring (bicyclic) bond motifs is 1. The second-order valence-corrected chi connectivity index (χ2v) is 7.42. The first-order valence-electron chi connectivity index (χ1n) is 8.75. The molecule has 0 bridgehead atoms. The van der Waals surface area contributed by atoms with Gasteiger partial charge < -0.3 is 10.6 Å². The van der Waals surface area contributed by atoms with E-state index in [0.717, 1.165) is 21.2 Å². The van der Waals surface area contributed by atoms with E-state index in [4.69, 9.17) is 0 Å². The molecule has 2 aromatic carbocycles. The molecule has 27 heavy (non-hydrogen) atoms. The molecule has 0 spiro atoms. The summed E-state index contributed by atoms with van der Waals surface area (Å²) in [6.07, 6.45) is 1.26. The van der Waals surface area contributed by atoms with Gasteiger partial charge in [-0.1, -0.05) is 43.0 Å². The lowest BCUT2D eigenvalue weighted by molar-refractivity contribution is -0.117. The lowest BCUT2D eigenvalue weighted by Gasteiger charge is -2.13. The first-order valence-corrected chi connectivity index (χ1v) is 9.63. The van der Waals surface area contributed by atoms with Gasteiger partial charge in [0, 0.05) is 22.0 Å². The van der Waals surface area contributed by atoms with Gasteiger partial charge in [-0.15, -0.1) is 11.3 Å². The summed E-state index contributed by atoms with van der Waals surface area (Å²) in [5.74, 6) is -0.266. The van der Waals surface area contributed by atoms with Crippen molar-refractivity contribution in [1.82, 2.24) is 10.6 Å².